The zero-order chi connectivity index (χ0) is 11.4. The van der Waals surface area contributed by atoms with E-state index in [0.29, 0.717) is 31.5 Å². The monoisotopic (exact) mass is 227 g/mol. The maximum Gasteiger partial charge on any atom is 0.252 e. The molecule has 1 fully saturated rings. The van der Waals surface area contributed by atoms with Gasteiger partial charge in [-0.25, -0.2) is 0 Å². The second-order valence-corrected chi connectivity index (χ2v) is 3.74. The summed E-state index contributed by atoms with van der Waals surface area (Å²) in [5.74, 6) is 1.10. The third-order valence-electron chi connectivity index (χ3n) is 2.57. The molecule has 2 heterocycles. The average Bonchev–Trinajstić information content (AvgIpc) is 2.94. The highest BCUT2D eigenvalue weighted by molar-refractivity contribution is 4.94. The Labute approximate surface area is 94.1 Å². The van der Waals surface area contributed by atoms with Gasteiger partial charge >= 0.3 is 0 Å². The van der Waals surface area contributed by atoms with Crippen LogP contribution in [0.5, 0.6) is 0 Å². The number of ether oxygens (including phenoxy) is 2. The summed E-state index contributed by atoms with van der Waals surface area (Å²) in [5.41, 5.74) is 5.54. The minimum atomic E-state index is -0.0762. The molecular formula is C10H17N3O3. The quantitative estimate of drug-likeness (QED) is 0.800. The highest BCUT2D eigenvalue weighted by atomic mass is 16.5. The molecule has 6 heteroatoms. The van der Waals surface area contributed by atoms with Crippen molar-refractivity contribution in [3.8, 4) is 0 Å². The van der Waals surface area contributed by atoms with Crippen LogP contribution in [0.4, 0.5) is 0 Å². The van der Waals surface area contributed by atoms with Gasteiger partial charge in [0.15, 0.2) is 0 Å². The summed E-state index contributed by atoms with van der Waals surface area (Å²) in [4.78, 5) is 4.23. The van der Waals surface area contributed by atoms with Crippen LogP contribution in [0.2, 0.25) is 0 Å². The van der Waals surface area contributed by atoms with Gasteiger partial charge in [0.1, 0.15) is 12.7 Å². The zero-order valence-corrected chi connectivity index (χ0v) is 9.39. The lowest BCUT2D eigenvalue weighted by atomic mass is 10.2. The van der Waals surface area contributed by atoms with Gasteiger partial charge in [0.25, 0.3) is 5.89 Å². The first-order valence-electron chi connectivity index (χ1n) is 5.59. The van der Waals surface area contributed by atoms with Gasteiger partial charge in [-0.3, -0.25) is 0 Å². The molecule has 6 nitrogen and oxygen atoms in total. The Balaban J connectivity index is 1.92. The van der Waals surface area contributed by atoms with Crippen molar-refractivity contribution >= 4 is 0 Å². The van der Waals surface area contributed by atoms with Crippen molar-refractivity contribution in [3.63, 3.8) is 0 Å². The molecule has 2 unspecified atom stereocenters. The Morgan fingerprint density at radius 1 is 1.50 bits per heavy atom. The summed E-state index contributed by atoms with van der Waals surface area (Å²) in [6.07, 6.45) is 1.90. The minimum Gasteiger partial charge on any atom is -0.372 e. The largest absolute Gasteiger partial charge is 0.372 e. The van der Waals surface area contributed by atoms with Crippen LogP contribution < -0.4 is 5.73 Å². The van der Waals surface area contributed by atoms with E-state index >= 15 is 0 Å². The van der Waals surface area contributed by atoms with Crippen LogP contribution in [0.15, 0.2) is 4.52 Å². The molecule has 0 aliphatic carbocycles. The summed E-state index contributed by atoms with van der Waals surface area (Å²) in [6, 6.07) is 0. The van der Waals surface area contributed by atoms with Crippen LogP contribution in [-0.4, -0.2) is 29.4 Å². The van der Waals surface area contributed by atoms with Crippen molar-refractivity contribution in [2.45, 2.75) is 38.6 Å². The number of rotatable bonds is 5. The van der Waals surface area contributed by atoms with Crippen molar-refractivity contribution < 1.29 is 14.0 Å². The van der Waals surface area contributed by atoms with Crippen LogP contribution in [-0.2, 0) is 16.1 Å². The van der Waals surface area contributed by atoms with Gasteiger partial charge in [0.2, 0.25) is 5.82 Å². The van der Waals surface area contributed by atoms with Crippen molar-refractivity contribution in [2.24, 2.45) is 5.73 Å². The third-order valence-corrected chi connectivity index (χ3v) is 2.57. The lowest BCUT2D eigenvalue weighted by Crippen LogP contribution is -2.19. The first-order valence-corrected chi connectivity index (χ1v) is 5.59. The predicted molar refractivity (Wildman–Crippen MR) is 55.5 cm³/mol. The molecule has 90 valence electrons. The fraction of sp³-hybridized carbons (Fsp3) is 0.800. The number of aromatic nitrogens is 2. The summed E-state index contributed by atoms with van der Waals surface area (Å²) in [6.45, 7) is 3.45. The lowest BCUT2D eigenvalue weighted by Gasteiger charge is -2.07. The van der Waals surface area contributed by atoms with Gasteiger partial charge in [-0.2, -0.15) is 4.98 Å². The predicted octanol–water partition coefficient (Wildman–Crippen LogP) is 0.785. The fourth-order valence-corrected chi connectivity index (χ4v) is 1.72. The molecule has 0 saturated carbocycles. The van der Waals surface area contributed by atoms with E-state index in [2.05, 4.69) is 10.1 Å². The molecule has 1 aliphatic heterocycles. The van der Waals surface area contributed by atoms with Crippen LogP contribution in [0, 0.1) is 0 Å². The van der Waals surface area contributed by atoms with Gasteiger partial charge in [-0.05, 0) is 19.8 Å². The van der Waals surface area contributed by atoms with E-state index in [1.54, 1.807) is 0 Å². The second kappa shape index (κ2) is 5.38. The van der Waals surface area contributed by atoms with Crippen LogP contribution in [0.25, 0.3) is 0 Å². The van der Waals surface area contributed by atoms with E-state index in [9.17, 15) is 0 Å². The summed E-state index contributed by atoms with van der Waals surface area (Å²) in [7, 11) is 0. The molecule has 1 aromatic heterocycles. The van der Waals surface area contributed by atoms with Gasteiger partial charge in [-0.15, -0.1) is 0 Å². The van der Waals surface area contributed by atoms with Crippen molar-refractivity contribution in [2.75, 3.05) is 13.2 Å². The SMILES string of the molecule is CCOCc1nc(C2CCC(CN)O2)no1. The molecule has 0 aromatic carbocycles. The number of hydrogen-bond acceptors (Lipinski definition) is 6. The van der Waals surface area contributed by atoms with Crippen molar-refractivity contribution in [3.05, 3.63) is 11.7 Å². The second-order valence-electron chi connectivity index (χ2n) is 3.74. The first kappa shape index (κ1) is 11.5. The Hall–Kier alpha value is -0.980. The molecule has 1 aromatic rings. The number of nitrogens with zero attached hydrogens (tertiary/aromatic N) is 2. The molecule has 2 N–H and O–H groups in total. The Morgan fingerprint density at radius 3 is 3.06 bits per heavy atom. The molecule has 2 atom stereocenters. The van der Waals surface area contributed by atoms with E-state index in [4.69, 9.17) is 19.7 Å². The van der Waals surface area contributed by atoms with Crippen LogP contribution >= 0.6 is 0 Å². The average molecular weight is 227 g/mol. The molecule has 1 saturated heterocycles. The Morgan fingerprint density at radius 2 is 2.38 bits per heavy atom. The van der Waals surface area contributed by atoms with E-state index in [1.165, 1.54) is 0 Å². The van der Waals surface area contributed by atoms with E-state index < -0.39 is 0 Å². The highest BCUT2D eigenvalue weighted by Crippen LogP contribution is 2.30. The van der Waals surface area contributed by atoms with Gasteiger partial charge in [-0.1, -0.05) is 5.16 Å². The fourth-order valence-electron chi connectivity index (χ4n) is 1.72. The maximum atomic E-state index is 5.66. The molecule has 0 amide bonds. The van der Waals surface area contributed by atoms with Crippen molar-refractivity contribution in [1.29, 1.82) is 0 Å². The van der Waals surface area contributed by atoms with Gasteiger partial charge in [0, 0.05) is 13.2 Å². The van der Waals surface area contributed by atoms with E-state index in [0.717, 1.165) is 12.8 Å². The maximum absolute atomic E-state index is 5.66. The summed E-state index contributed by atoms with van der Waals surface area (Å²) in [5, 5.41) is 3.89. The number of hydrogen-bond donors (Lipinski definition) is 1. The smallest absolute Gasteiger partial charge is 0.252 e. The molecule has 2 rings (SSSR count). The van der Waals surface area contributed by atoms with Gasteiger partial charge < -0.3 is 19.7 Å². The van der Waals surface area contributed by atoms with Gasteiger partial charge in [0.05, 0.1) is 6.10 Å². The Kier molecular flexibility index (Phi) is 3.87. The molecule has 0 radical (unpaired) electrons. The topological polar surface area (TPSA) is 83.4 Å². The van der Waals surface area contributed by atoms with Crippen LogP contribution in [0.1, 0.15) is 37.6 Å². The summed E-state index contributed by atoms with van der Waals surface area (Å²) >= 11 is 0. The van der Waals surface area contributed by atoms with Crippen LogP contribution in [0.3, 0.4) is 0 Å². The summed E-state index contributed by atoms with van der Waals surface area (Å²) < 4.78 is 15.9. The number of nitrogens with two attached hydrogens (primary N) is 1. The molecule has 16 heavy (non-hydrogen) atoms. The minimum absolute atomic E-state index is 0.0762. The standard InChI is InChI=1S/C10H17N3O3/c1-2-14-6-9-12-10(13-16-9)8-4-3-7(5-11)15-8/h7-8H,2-6,11H2,1H3. The normalized spacial score (nSPS) is 25.1. The molecule has 0 spiro atoms. The highest BCUT2D eigenvalue weighted by Gasteiger charge is 2.29. The third kappa shape index (κ3) is 2.58. The zero-order valence-electron chi connectivity index (χ0n) is 9.39. The molecule has 0 bridgehead atoms. The van der Waals surface area contributed by atoms with E-state index in [1.807, 2.05) is 6.92 Å². The van der Waals surface area contributed by atoms with Crippen molar-refractivity contribution in [1.82, 2.24) is 10.1 Å². The Bertz CT molecular complexity index is 329. The molecule has 1 aliphatic rings. The molecular weight excluding hydrogens is 210 g/mol. The first-order chi connectivity index (χ1) is 7.83. The van der Waals surface area contributed by atoms with E-state index in [-0.39, 0.29) is 12.2 Å². The lowest BCUT2D eigenvalue weighted by molar-refractivity contribution is 0.0435.